The van der Waals surface area contributed by atoms with Crippen LogP contribution in [0.4, 0.5) is 5.69 Å². The van der Waals surface area contributed by atoms with E-state index in [1.54, 1.807) is 19.1 Å². The lowest BCUT2D eigenvalue weighted by Crippen LogP contribution is -2.20. The zero-order valence-corrected chi connectivity index (χ0v) is 10.2. The van der Waals surface area contributed by atoms with Gasteiger partial charge in [0.15, 0.2) is 0 Å². The number of ether oxygens (including phenoxy) is 1. The number of amides is 1. The van der Waals surface area contributed by atoms with Gasteiger partial charge in [-0.25, -0.2) is 4.79 Å². The molecule has 0 heterocycles. The lowest BCUT2D eigenvalue weighted by atomic mass is 10.2. The van der Waals surface area contributed by atoms with Crippen LogP contribution in [0.5, 0.6) is 0 Å². The van der Waals surface area contributed by atoms with Crippen molar-refractivity contribution < 1.29 is 24.2 Å². The van der Waals surface area contributed by atoms with Crippen molar-refractivity contribution in [3.05, 3.63) is 42.0 Å². The smallest absolute Gasteiger partial charge is 0.340 e. The fraction of sp³-hybridized carbons (Fsp3) is 0.154. The van der Waals surface area contributed by atoms with Crippen LogP contribution in [0.15, 0.2) is 36.4 Å². The van der Waals surface area contributed by atoms with Gasteiger partial charge < -0.3 is 20.0 Å². The van der Waals surface area contributed by atoms with Crippen molar-refractivity contribution in [1.29, 1.82) is 0 Å². The Morgan fingerprint density at radius 2 is 1.95 bits per heavy atom. The molecule has 1 amide bonds. The molecular formula is C13H12NO5-. The Morgan fingerprint density at radius 1 is 1.26 bits per heavy atom. The van der Waals surface area contributed by atoms with Gasteiger partial charge in [0.25, 0.3) is 0 Å². The monoisotopic (exact) mass is 262 g/mol. The van der Waals surface area contributed by atoms with E-state index in [0.717, 1.165) is 6.08 Å². The first-order valence-electron chi connectivity index (χ1n) is 5.50. The number of aliphatic carboxylic acids is 1. The first-order valence-corrected chi connectivity index (χ1v) is 5.50. The van der Waals surface area contributed by atoms with E-state index in [4.69, 9.17) is 4.74 Å². The maximum absolute atomic E-state index is 11.6. The molecule has 1 N–H and O–H groups in total. The number of nitrogens with one attached hydrogen (secondary N) is 1. The molecule has 0 aliphatic carbocycles. The summed E-state index contributed by atoms with van der Waals surface area (Å²) in [5, 5.41) is 12.6. The van der Waals surface area contributed by atoms with E-state index in [2.05, 4.69) is 5.32 Å². The molecule has 0 aliphatic heterocycles. The van der Waals surface area contributed by atoms with Crippen molar-refractivity contribution in [3.8, 4) is 0 Å². The Morgan fingerprint density at radius 3 is 2.58 bits per heavy atom. The zero-order chi connectivity index (χ0) is 14.3. The molecule has 19 heavy (non-hydrogen) atoms. The van der Waals surface area contributed by atoms with Crippen LogP contribution < -0.4 is 10.4 Å². The first-order chi connectivity index (χ1) is 9.04. The minimum Gasteiger partial charge on any atom is -0.545 e. The molecule has 0 aliphatic rings. The highest BCUT2D eigenvalue weighted by Gasteiger charge is 2.12. The average molecular weight is 262 g/mol. The summed E-state index contributed by atoms with van der Waals surface area (Å²) in [5.41, 5.74) is 0.438. The second-order valence-corrected chi connectivity index (χ2v) is 3.41. The average Bonchev–Trinajstić information content (AvgIpc) is 2.37. The second-order valence-electron chi connectivity index (χ2n) is 3.41. The van der Waals surface area contributed by atoms with Crippen LogP contribution in [0.2, 0.25) is 0 Å². The number of hydrogen-bond acceptors (Lipinski definition) is 5. The maximum atomic E-state index is 11.6. The normalized spacial score (nSPS) is 10.2. The summed E-state index contributed by atoms with van der Waals surface area (Å²) in [6, 6.07) is 6.26. The molecule has 0 unspecified atom stereocenters. The fourth-order valence-corrected chi connectivity index (χ4v) is 1.30. The minimum atomic E-state index is -1.48. The molecule has 0 saturated carbocycles. The molecular weight excluding hydrogens is 250 g/mol. The summed E-state index contributed by atoms with van der Waals surface area (Å²) in [6.45, 7) is 1.88. The van der Waals surface area contributed by atoms with Gasteiger partial charge in [0, 0.05) is 6.08 Å². The largest absolute Gasteiger partial charge is 0.545 e. The molecule has 0 atom stereocenters. The van der Waals surface area contributed by atoms with E-state index >= 15 is 0 Å². The summed E-state index contributed by atoms with van der Waals surface area (Å²) in [7, 11) is 0. The Bertz CT molecular complexity index is 522. The quantitative estimate of drug-likeness (QED) is 0.600. The molecule has 6 heteroatoms. The van der Waals surface area contributed by atoms with E-state index in [1.165, 1.54) is 12.1 Å². The summed E-state index contributed by atoms with van der Waals surface area (Å²) in [5.74, 6) is -2.72. The number of carboxylic acids is 1. The highest BCUT2D eigenvalue weighted by Crippen LogP contribution is 2.16. The summed E-state index contributed by atoms with van der Waals surface area (Å²) >= 11 is 0. The maximum Gasteiger partial charge on any atom is 0.340 e. The van der Waals surface area contributed by atoms with Gasteiger partial charge in [-0.15, -0.1) is 0 Å². The van der Waals surface area contributed by atoms with Crippen LogP contribution >= 0.6 is 0 Å². The molecule has 1 aromatic carbocycles. The third-order valence-corrected chi connectivity index (χ3v) is 2.05. The van der Waals surface area contributed by atoms with Gasteiger partial charge in [-0.05, 0) is 25.1 Å². The number of esters is 1. The van der Waals surface area contributed by atoms with Gasteiger partial charge in [-0.2, -0.15) is 0 Å². The molecule has 0 radical (unpaired) electrons. The van der Waals surface area contributed by atoms with Crippen molar-refractivity contribution >= 4 is 23.5 Å². The van der Waals surface area contributed by atoms with Crippen molar-refractivity contribution in [2.24, 2.45) is 0 Å². The summed E-state index contributed by atoms with van der Waals surface area (Å²) < 4.78 is 4.84. The number of carbonyl (C=O) groups excluding carboxylic acids is 3. The third kappa shape index (κ3) is 4.63. The van der Waals surface area contributed by atoms with Crippen LogP contribution in [0.25, 0.3) is 0 Å². The number of carbonyl (C=O) groups is 3. The lowest BCUT2D eigenvalue weighted by molar-refractivity contribution is -0.297. The molecule has 0 spiro atoms. The van der Waals surface area contributed by atoms with Crippen molar-refractivity contribution in [1.82, 2.24) is 0 Å². The van der Waals surface area contributed by atoms with Crippen LogP contribution in [0.1, 0.15) is 17.3 Å². The molecule has 6 nitrogen and oxygen atoms in total. The molecule has 0 fully saturated rings. The minimum absolute atomic E-state index is 0.194. The molecule has 100 valence electrons. The number of rotatable bonds is 5. The molecule has 0 bridgehead atoms. The summed E-state index contributed by atoms with van der Waals surface area (Å²) in [4.78, 5) is 33.2. The van der Waals surface area contributed by atoms with Gasteiger partial charge in [-0.3, -0.25) is 4.79 Å². The van der Waals surface area contributed by atoms with Crippen molar-refractivity contribution in [3.63, 3.8) is 0 Å². The lowest BCUT2D eigenvalue weighted by Gasteiger charge is -2.08. The summed E-state index contributed by atoms with van der Waals surface area (Å²) in [6.07, 6.45) is 1.40. The topological polar surface area (TPSA) is 95.5 Å². The highest BCUT2D eigenvalue weighted by molar-refractivity contribution is 6.06. The van der Waals surface area contributed by atoms with Crippen LogP contribution in [-0.4, -0.2) is 24.5 Å². The first kappa shape index (κ1) is 14.4. The zero-order valence-electron chi connectivity index (χ0n) is 10.2. The van der Waals surface area contributed by atoms with E-state index < -0.39 is 17.8 Å². The molecule has 0 saturated heterocycles. The van der Waals surface area contributed by atoms with Crippen LogP contribution in [-0.2, 0) is 14.3 Å². The number of para-hydroxylation sites is 1. The predicted octanol–water partition coefficient (Wildman–Crippen LogP) is 0.108. The molecule has 0 aromatic heterocycles. The van der Waals surface area contributed by atoms with E-state index in [0.29, 0.717) is 6.08 Å². The SMILES string of the molecule is CCOC(=O)c1ccccc1NC(=O)/C=C\C(=O)[O-]. The highest BCUT2D eigenvalue weighted by atomic mass is 16.5. The number of benzene rings is 1. The number of hydrogen-bond donors (Lipinski definition) is 1. The predicted molar refractivity (Wildman–Crippen MR) is 65.2 cm³/mol. The number of carboxylic acid groups (broad SMARTS) is 1. The Labute approximate surface area is 109 Å². The van der Waals surface area contributed by atoms with Crippen molar-refractivity contribution in [2.75, 3.05) is 11.9 Å². The molecule has 1 aromatic rings. The Kier molecular flexibility index (Phi) is 5.28. The van der Waals surface area contributed by atoms with E-state index in [1.807, 2.05) is 0 Å². The molecule has 1 rings (SSSR count). The Balaban J connectivity index is 2.86. The van der Waals surface area contributed by atoms with Crippen LogP contribution in [0, 0.1) is 0 Å². The fourth-order valence-electron chi connectivity index (χ4n) is 1.30. The van der Waals surface area contributed by atoms with Gasteiger partial charge in [0.2, 0.25) is 5.91 Å². The Hall–Kier alpha value is -2.63. The second kappa shape index (κ2) is 6.95. The van der Waals surface area contributed by atoms with E-state index in [9.17, 15) is 19.5 Å². The number of anilines is 1. The van der Waals surface area contributed by atoms with Gasteiger partial charge >= 0.3 is 5.97 Å². The van der Waals surface area contributed by atoms with Gasteiger partial charge in [0.05, 0.1) is 23.8 Å². The van der Waals surface area contributed by atoms with Crippen molar-refractivity contribution in [2.45, 2.75) is 6.92 Å². The van der Waals surface area contributed by atoms with Gasteiger partial charge in [-0.1, -0.05) is 12.1 Å². The standard InChI is InChI=1S/C13H13NO5/c1-2-19-13(18)9-5-3-4-6-10(9)14-11(15)7-8-12(16)17/h3-8H,2H2,1H3,(H,14,15)(H,16,17)/p-1/b8-7-. The third-order valence-electron chi connectivity index (χ3n) is 2.05. The van der Waals surface area contributed by atoms with Gasteiger partial charge in [0.1, 0.15) is 0 Å². The van der Waals surface area contributed by atoms with E-state index in [-0.39, 0.29) is 17.9 Å². The van der Waals surface area contributed by atoms with Crippen LogP contribution in [0.3, 0.4) is 0 Å².